The summed E-state index contributed by atoms with van der Waals surface area (Å²) in [7, 11) is 0. The maximum atomic E-state index is 5.94. The van der Waals surface area contributed by atoms with Crippen molar-refractivity contribution < 1.29 is 9.47 Å². The molecule has 0 saturated carbocycles. The molecule has 9 heteroatoms. The van der Waals surface area contributed by atoms with Crippen molar-refractivity contribution in [3.8, 4) is 5.95 Å². The van der Waals surface area contributed by atoms with E-state index < -0.39 is 0 Å². The maximum Gasteiger partial charge on any atom is 0.239 e. The largest absolute Gasteiger partial charge is 0.378 e. The summed E-state index contributed by atoms with van der Waals surface area (Å²) in [5, 5.41) is 0. The zero-order valence-corrected chi connectivity index (χ0v) is 18.7. The molecule has 8 nitrogen and oxygen atoms in total. The Labute approximate surface area is 184 Å². The Bertz CT molecular complexity index is 1040. The molecule has 0 radical (unpaired) electrons. The van der Waals surface area contributed by atoms with Gasteiger partial charge in [0.2, 0.25) is 5.95 Å². The van der Waals surface area contributed by atoms with E-state index in [1.165, 1.54) is 0 Å². The van der Waals surface area contributed by atoms with E-state index in [1.54, 1.807) is 6.33 Å². The number of para-hydroxylation sites is 2. The zero-order valence-electron chi connectivity index (χ0n) is 17.2. The number of aromatic nitrogens is 4. The number of hydrogen-bond donors (Lipinski definition) is 0. The molecule has 2 atom stereocenters. The van der Waals surface area contributed by atoms with Crippen molar-refractivity contribution in [3.63, 3.8) is 0 Å². The number of benzene rings is 1. The van der Waals surface area contributed by atoms with E-state index in [1.807, 2.05) is 28.8 Å². The summed E-state index contributed by atoms with van der Waals surface area (Å²) in [5.74, 6) is 2.40. The minimum Gasteiger partial charge on any atom is -0.378 e. The lowest BCUT2D eigenvalue weighted by Gasteiger charge is -2.37. The van der Waals surface area contributed by atoms with Crippen LogP contribution in [0, 0.1) is 0 Å². The first-order chi connectivity index (χ1) is 14.6. The van der Waals surface area contributed by atoms with E-state index in [0.29, 0.717) is 19.2 Å². The van der Waals surface area contributed by atoms with Crippen molar-refractivity contribution in [2.24, 2.45) is 0 Å². The summed E-state index contributed by atoms with van der Waals surface area (Å²) in [4.78, 5) is 19.0. The second kappa shape index (κ2) is 8.13. The van der Waals surface area contributed by atoms with Gasteiger partial charge in [0.1, 0.15) is 10.8 Å². The molecule has 0 aliphatic carbocycles. The Morgan fingerprint density at radius 1 is 0.967 bits per heavy atom. The predicted molar refractivity (Wildman–Crippen MR) is 120 cm³/mol. The number of anilines is 2. The van der Waals surface area contributed by atoms with Gasteiger partial charge in [0.25, 0.3) is 0 Å². The van der Waals surface area contributed by atoms with Crippen molar-refractivity contribution in [1.29, 1.82) is 0 Å². The third-order valence-corrected chi connectivity index (χ3v) is 6.21. The number of morpholine rings is 2. The van der Waals surface area contributed by atoms with Crippen LogP contribution in [0.3, 0.4) is 0 Å². The highest BCUT2D eigenvalue weighted by Crippen LogP contribution is 2.35. The number of ether oxygens (including phenoxy) is 2. The molecular formula is C21H25BrN6O2. The predicted octanol–water partition coefficient (Wildman–Crippen LogP) is 3.03. The standard InChI is InChI=1S/C21H25BrN6O2/c1-14-11-27(12-15(2)30-14)20-18(22)19(26-7-9-29-10-8-26)24-21(25-20)28-13-23-16-5-3-4-6-17(16)28/h3-6,13-15H,7-12H2,1-2H3/t14-,15+. The van der Waals surface area contributed by atoms with Gasteiger partial charge in [0, 0.05) is 26.2 Å². The summed E-state index contributed by atoms with van der Waals surface area (Å²) in [6.45, 7) is 8.76. The minimum absolute atomic E-state index is 0.139. The van der Waals surface area contributed by atoms with Crippen molar-refractivity contribution in [2.45, 2.75) is 26.1 Å². The van der Waals surface area contributed by atoms with Crippen LogP contribution in [0.25, 0.3) is 17.0 Å². The molecular weight excluding hydrogens is 448 g/mol. The van der Waals surface area contributed by atoms with Gasteiger partial charge in [-0.25, -0.2) is 4.98 Å². The van der Waals surface area contributed by atoms with Crippen LogP contribution >= 0.6 is 15.9 Å². The highest BCUT2D eigenvalue weighted by Gasteiger charge is 2.28. The fourth-order valence-corrected chi connectivity index (χ4v) is 4.86. The fraction of sp³-hybridized carbons (Fsp3) is 0.476. The first-order valence-corrected chi connectivity index (χ1v) is 11.1. The average Bonchev–Trinajstić information content (AvgIpc) is 3.18. The Morgan fingerprint density at radius 2 is 1.63 bits per heavy atom. The van der Waals surface area contributed by atoms with Crippen LogP contribution in [0.4, 0.5) is 11.6 Å². The second-order valence-electron chi connectivity index (χ2n) is 7.85. The Balaban J connectivity index is 1.65. The van der Waals surface area contributed by atoms with E-state index in [9.17, 15) is 0 Å². The molecule has 0 unspecified atom stereocenters. The smallest absolute Gasteiger partial charge is 0.239 e. The van der Waals surface area contributed by atoms with Crippen molar-refractivity contribution in [3.05, 3.63) is 35.1 Å². The molecule has 2 aromatic heterocycles. The first-order valence-electron chi connectivity index (χ1n) is 10.3. The van der Waals surface area contributed by atoms with Gasteiger partial charge in [-0.1, -0.05) is 12.1 Å². The molecule has 2 aliphatic rings. The summed E-state index contributed by atoms with van der Waals surface area (Å²) >= 11 is 3.82. The average molecular weight is 473 g/mol. The number of imidazole rings is 1. The number of halogens is 1. The van der Waals surface area contributed by atoms with Crippen LogP contribution in [0.15, 0.2) is 35.1 Å². The van der Waals surface area contributed by atoms with E-state index >= 15 is 0 Å². The van der Waals surface area contributed by atoms with Crippen LogP contribution in [0.2, 0.25) is 0 Å². The van der Waals surface area contributed by atoms with E-state index in [4.69, 9.17) is 19.4 Å². The minimum atomic E-state index is 0.139. The molecule has 158 valence electrons. The molecule has 0 N–H and O–H groups in total. The molecule has 2 saturated heterocycles. The summed E-state index contributed by atoms with van der Waals surface area (Å²) in [6, 6.07) is 8.04. The topological polar surface area (TPSA) is 68.5 Å². The first kappa shape index (κ1) is 19.7. The molecule has 30 heavy (non-hydrogen) atoms. The van der Waals surface area contributed by atoms with Gasteiger partial charge in [-0.3, -0.25) is 4.57 Å². The highest BCUT2D eigenvalue weighted by atomic mass is 79.9. The monoisotopic (exact) mass is 472 g/mol. The van der Waals surface area contributed by atoms with Gasteiger partial charge in [-0.2, -0.15) is 9.97 Å². The van der Waals surface area contributed by atoms with Crippen LogP contribution in [-0.4, -0.2) is 71.1 Å². The summed E-state index contributed by atoms with van der Waals surface area (Å²) in [5.41, 5.74) is 1.91. The quantitative estimate of drug-likeness (QED) is 0.580. The SMILES string of the molecule is C[C@@H]1CN(c2nc(-n3cnc4ccccc43)nc(N3CCOCC3)c2Br)C[C@H](C)O1. The van der Waals surface area contributed by atoms with Crippen LogP contribution in [0.1, 0.15) is 13.8 Å². The zero-order chi connectivity index (χ0) is 20.7. The van der Waals surface area contributed by atoms with Gasteiger partial charge < -0.3 is 19.3 Å². The van der Waals surface area contributed by atoms with Crippen LogP contribution < -0.4 is 9.80 Å². The molecule has 1 aromatic carbocycles. The van der Waals surface area contributed by atoms with Gasteiger partial charge in [-0.05, 0) is 41.9 Å². The normalized spacial score (nSPS) is 22.6. The van der Waals surface area contributed by atoms with E-state index in [2.05, 4.69) is 44.6 Å². The second-order valence-corrected chi connectivity index (χ2v) is 8.64. The van der Waals surface area contributed by atoms with Crippen molar-refractivity contribution >= 4 is 38.6 Å². The molecule has 0 spiro atoms. The van der Waals surface area contributed by atoms with Crippen molar-refractivity contribution in [1.82, 2.24) is 19.5 Å². The van der Waals surface area contributed by atoms with Crippen LogP contribution in [-0.2, 0) is 9.47 Å². The number of hydrogen-bond acceptors (Lipinski definition) is 7. The lowest BCUT2D eigenvalue weighted by atomic mass is 10.2. The molecule has 0 amide bonds. The Kier molecular flexibility index (Phi) is 5.34. The number of fused-ring (bicyclic) bond motifs is 1. The molecule has 4 heterocycles. The lowest BCUT2D eigenvalue weighted by molar-refractivity contribution is -0.00550. The highest BCUT2D eigenvalue weighted by molar-refractivity contribution is 9.10. The molecule has 5 rings (SSSR count). The lowest BCUT2D eigenvalue weighted by Crippen LogP contribution is -2.46. The van der Waals surface area contributed by atoms with E-state index in [-0.39, 0.29) is 12.2 Å². The third-order valence-electron chi connectivity index (χ3n) is 5.50. The number of nitrogens with zero attached hydrogens (tertiary/aromatic N) is 6. The molecule has 2 fully saturated rings. The fourth-order valence-electron chi connectivity index (χ4n) is 4.18. The third kappa shape index (κ3) is 3.66. The molecule has 0 bridgehead atoms. The van der Waals surface area contributed by atoms with Gasteiger partial charge in [0.15, 0.2) is 11.6 Å². The van der Waals surface area contributed by atoms with Crippen LogP contribution in [0.5, 0.6) is 0 Å². The van der Waals surface area contributed by atoms with Crippen molar-refractivity contribution in [2.75, 3.05) is 49.2 Å². The Morgan fingerprint density at radius 3 is 2.37 bits per heavy atom. The van der Waals surface area contributed by atoms with Gasteiger partial charge in [-0.15, -0.1) is 0 Å². The molecule has 2 aliphatic heterocycles. The summed E-state index contributed by atoms with van der Waals surface area (Å²) in [6.07, 6.45) is 2.07. The van der Waals surface area contributed by atoms with Gasteiger partial charge >= 0.3 is 0 Å². The van der Waals surface area contributed by atoms with Gasteiger partial charge in [0.05, 0.1) is 36.5 Å². The van der Waals surface area contributed by atoms with E-state index in [0.717, 1.165) is 53.3 Å². The Hall–Kier alpha value is -2.23. The molecule has 3 aromatic rings. The number of rotatable bonds is 3. The summed E-state index contributed by atoms with van der Waals surface area (Å²) < 4.78 is 14.4. The maximum absolute atomic E-state index is 5.94.